The molecule has 0 atom stereocenters. The Balaban J connectivity index is 2.21. The van der Waals surface area contributed by atoms with Gasteiger partial charge in [-0.05, 0) is 74.2 Å². The summed E-state index contributed by atoms with van der Waals surface area (Å²) in [6.45, 7) is 13.2. The normalized spacial score (nSPS) is 11.3. The van der Waals surface area contributed by atoms with E-state index in [1.54, 1.807) is 0 Å². The van der Waals surface area contributed by atoms with E-state index in [2.05, 4.69) is 168 Å². The van der Waals surface area contributed by atoms with Crippen LogP contribution in [0.2, 0.25) is 0 Å². The average molecular weight is 624 g/mol. The van der Waals surface area contributed by atoms with E-state index < -0.39 is 7.87 Å². The van der Waals surface area contributed by atoms with Crippen molar-refractivity contribution in [3.63, 3.8) is 0 Å². The highest BCUT2D eigenvalue weighted by Crippen LogP contribution is 2.73. The maximum absolute atomic E-state index is 2.85. The Morgan fingerprint density at radius 1 is 0.333 bits per heavy atom. The van der Waals surface area contributed by atoms with Crippen molar-refractivity contribution >= 4 is 30.6 Å². The molecule has 0 radical (unpaired) electrons. The van der Waals surface area contributed by atoms with E-state index in [-0.39, 0.29) is 0 Å². The molecule has 4 aromatic rings. The van der Waals surface area contributed by atoms with Crippen molar-refractivity contribution in [1.82, 2.24) is 0 Å². The fraction of sp³-hybridized carbons (Fsp3) is 0.400. The third-order valence-electron chi connectivity index (χ3n) is 8.41. The Hall–Kier alpha value is -3.49. The first-order chi connectivity index (χ1) is 22.2. The minimum Gasteiger partial charge on any atom is -0.190 e. The van der Waals surface area contributed by atoms with Crippen LogP contribution >= 0.6 is 7.87 Å². The lowest BCUT2D eigenvalue weighted by Crippen LogP contribution is -2.55. The van der Waals surface area contributed by atoms with Gasteiger partial charge in [0.25, 0.3) is 0 Å². The van der Waals surface area contributed by atoms with Crippen molar-refractivity contribution in [2.45, 2.75) is 79.1 Å². The molecule has 0 heterocycles. The van der Waals surface area contributed by atoms with Crippen LogP contribution in [0.5, 0.6) is 0 Å². The lowest BCUT2D eigenvalue weighted by molar-refractivity contribution is 0.740. The number of hydrogen-bond acceptors (Lipinski definition) is 4. The molecular weight excluding hydrogens is 567 g/mol. The fourth-order valence-corrected chi connectivity index (χ4v) is 11.1. The van der Waals surface area contributed by atoms with Crippen LogP contribution in [0.3, 0.4) is 0 Å². The average Bonchev–Trinajstić information content (AvgIpc) is 3.10. The zero-order chi connectivity index (χ0) is 31.7. The van der Waals surface area contributed by atoms with Crippen molar-refractivity contribution in [3.8, 4) is 0 Å². The minimum absolute atomic E-state index is 0.981. The van der Waals surface area contributed by atoms with E-state index in [1.807, 2.05) is 0 Å². The summed E-state index contributed by atoms with van der Waals surface area (Å²) in [6.07, 6.45) is 9.07. The summed E-state index contributed by atoms with van der Waals surface area (Å²) in [5.74, 6) is 0. The topological polar surface area (TPSA) is 13.0 Å². The molecule has 0 saturated heterocycles. The zero-order valence-corrected chi connectivity index (χ0v) is 29.2. The first-order valence-corrected chi connectivity index (χ1v) is 19.0. The van der Waals surface area contributed by atoms with Gasteiger partial charge in [0.2, 0.25) is 0 Å². The number of hydrogen-bond donors (Lipinski definition) is 0. The van der Waals surface area contributed by atoms with Crippen LogP contribution in [0.15, 0.2) is 121 Å². The minimum atomic E-state index is -2.61. The molecule has 0 fully saturated rings. The molecule has 45 heavy (non-hydrogen) atoms. The van der Waals surface area contributed by atoms with Gasteiger partial charge in [-0.15, -0.1) is 0 Å². The van der Waals surface area contributed by atoms with E-state index >= 15 is 0 Å². The van der Waals surface area contributed by atoms with Crippen LogP contribution in [0.25, 0.3) is 0 Å². The fourth-order valence-electron chi connectivity index (χ4n) is 6.09. The summed E-state index contributed by atoms with van der Waals surface area (Å²) >= 11 is 0. The second-order valence-electron chi connectivity index (χ2n) is 11.8. The lowest BCUT2D eigenvalue weighted by Gasteiger charge is -2.53. The number of para-hydroxylation sites is 4. The van der Waals surface area contributed by atoms with Gasteiger partial charge in [0.1, 0.15) is 0 Å². The van der Waals surface area contributed by atoms with E-state index in [1.165, 1.54) is 22.7 Å². The van der Waals surface area contributed by atoms with E-state index in [0.29, 0.717) is 0 Å². The molecular formula is C40H56N4P+. The number of nitrogens with zero attached hydrogens (tertiary/aromatic N) is 4. The molecule has 0 amide bonds. The number of benzene rings is 4. The summed E-state index contributed by atoms with van der Waals surface area (Å²) in [7, 11) is -2.61. The zero-order valence-electron chi connectivity index (χ0n) is 28.3. The molecule has 0 spiro atoms. The van der Waals surface area contributed by atoms with Gasteiger partial charge >= 0.3 is 7.87 Å². The molecule has 240 valence electrons. The molecule has 0 aromatic heterocycles. The molecule has 4 nitrogen and oxygen atoms in total. The Kier molecular flexibility index (Phi) is 14.1. The van der Waals surface area contributed by atoms with Crippen molar-refractivity contribution in [2.75, 3.05) is 44.9 Å². The molecule has 5 heteroatoms. The Morgan fingerprint density at radius 2 is 0.533 bits per heavy atom. The van der Waals surface area contributed by atoms with Crippen LogP contribution in [0, 0.1) is 0 Å². The SMILES string of the molecule is CCCCN(c1ccccc1)[P+](N(CCCC)c1ccccc1)(N(CCCC)c1ccccc1)N(CCCC)c1ccccc1. The molecule has 0 unspecified atom stereocenters. The molecule has 4 aromatic carbocycles. The van der Waals surface area contributed by atoms with Crippen LogP contribution in [-0.2, 0) is 0 Å². The Morgan fingerprint density at radius 3 is 0.711 bits per heavy atom. The highest BCUT2D eigenvalue weighted by Gasteiger charge is 2.63. The van der Waals surface area contributed by atoms with Gasteiger partial charge in [-0.1, -0.05) is 126 Å². The monoisotopic (exact) mass is 623 g/mol. The second kappa shape index (κ2) is 18.5. The van der Waals surface area contributed by atoms with Crippen molar-refractivity contribution < 1.29 is 0 Å². The van der Waals surface area contributed by atoms with Gasteiger partial charge in [-0.2, -0.15) is 18.7 Å². The van der Waals surface area contributed by atoms with Crippen LogP contribution in [0.1, 0.15) is 79.1 Å². The van der Waals surface area contributed by atoms with Gasteiger partial charge in [-0.25, -0.2) is 0 Å². The standard InChI is InChI=1S/C40H56N4P/c1-5-9-33-41(37-25-17-13-18-26-37)45(42(34-10-6-2)38-27-19-14-20-28-38,43(35-11-7-3)39-29-21-15-22-30-39)44(36-12-8-4)40-31-23-16-24-32-40/h13-32H,5-12,33-36H2,1-4H3/q+1. The maximum Gasteiger partial charge on any atom is 0.405 e. The predicted molar refractivity (Wildman–Crippen MR) is 202 cm³/mol. The van der Waals surface area contributed by atoms with Crippen molar-refractivity contribution in [3.05, 3.63) is 121 Å². The van der Waals surface area contributed by atoms with Crippen molar-refractivity contribution in [2.24, 2.45) is 0 Å². The third-order valence-corrected chi connectivity index (χ3v) is 12.7. The van der Waals surface area contributed by atoms with Gasteiger partial charge < -0.3 is 0 Å². The van der Waals surface area contributed by atoms with Gasteiger partial charge in [0, 0.05) is 0 Å². The lowest BCUT2D eigenvalue weighted by atomic mass is 10.3. The first-order valence-electron chi connectivity index (χ1n) is 17.4. The molecule has 0 aliphatic carbocycles. The van der Waals surface area contributed by atoms with E-state index in [9.17, 15) is 0 Å². The van der Waals surface area contributed by atoms with Gasteiger partial charge in [0.15, 0.2) is 0 Å². The number of rotatable bonds is 20. The smallest absolute Gasteiger partial charge is 0.190 e. The van der Waals surface area contributed by atoms with E-state index in [0.717, 1.165) is 77.5 Å². The molecule has 4 rings (SSSR count). The highest BCUT2D eigenvalue weighted by atomic mass is 31.2. The number of unbranched alkanes of at least 4 members (excludes halogenated alkanes) is 4. The van der Waals surface area contributed by atoms with Crippen molar-refractivity contribution in [1.29, 1.82) is 0 Å². The summed E-state index contributed by atoms with van der Waals surface area (Å²) in [6, 6.07) is 45.2. The molecule has 0 saturated carbocycles. The largest absolute Gasteiger partial charge is 0.405 e. The third kappa shape index (κ3) is 8.41. The van der Waals surface area contributed by atoms with E-state index in [4.69, 9.17) is 0 Å². The summed E-state index contributed by atoms with van der Waals surface area (Å²) < 4.78 is 11.4. The Labute approximate surface area is 275 Å². The van der Waals surface area contributed by atoms with Crippen LogP contribution < -0.4 is 18.7 Å². The summed E-state index contributed by atoms with van der Waals surface area (Å²) in [5.41, 5.74) is 5.19. The predicted octanol–water partition coefficient (Wildman–Crippen LogP) is 11.9. The highest BCUT2D eigenvalue weighted by molar-refractivity contribution is 7.81. The molecule has 0 aliphatic rings. The second-order valence-corrected chi connectivity index (χ2v) is 14.8. The van der Waals surface area contributed by atoms with Gasteiger partial charge in [-0.3, -0.25) is 0 Å². The molecule has 0 bridgehead atoms. The summed E-state index contributed by atoms with van der Waals surface area (Å²) in [5, 5.41) is 0. The number of anilines is 4. The maximum atomic E-state index is 2.85. The molecule has 0 N–H and O–H groups in total. The molecule has 0 aliphatic heterocycles. The Bertz CT molecular complexity index is 1110. The van der Waals surface area contributed by atoms with Gasteiger partial charge in [0.05, 0.1) is 48.9 Å². The quantitative estimate of drug-likeness (QED) is 0.0908. The first kappa shape index (κ1) is 34.4. The van der Waals surface area contributed by atoms with Crippen LogP contribution in [-0.4, -0.2) is 26.2 Å². The summed E-state index contributed by atoms with van der Waals surface area (Å²) in [4.78, 5) is 0. The van der Waals surface area contributed by atoms with Crippen LogP contribution in [0.4, 0.5) is 22.7 Å².